The van der Waals surface area contributed by atoms with Crippen molar-refractivity contribution in [2.24, 2.45) is 7.05 Å². The van der Waals surface area contributed by atoms with Gasteiger partial charge in [-0.15, -0.1) is 0 Å². The molecule has 34 heavy (non-hydrogen) atoms. The molecule has 2 N–H and O–H groups in total. The topological polar surface area (TPSA) is 83.8 Å². The minimum absolute atomic E-state index is 0.0883. The molecular formula is C25H29FN3O4S+. The van der Waals surface area contributed by atoms with Crippen LogP contribution in [0.25, 0.3) is 0 Å². The highest BCUT2D eigenvalue weighted by atomic mass is 32.3. The average Bonchev–Trinajstić information content (AvgIpc) is 3.62. The maximum Gasteiger partial charge on any atom is 0.316 e. The van der Waals surface area contributed by atoms with Gasteiger partial charge in [0.15, 0.2) is 5.25 Å². The van der Waals surface area contributed by atoms with Crippen molar-refractivity contribution in [3.8, 4) is 5.75 Å². The summed E-state index contributed by atoms with van der Waals surface area (Å²) in [4.78, 5) is 12.7. The molecule has 3 atom stereocenters. The molecule has 0 amide bonds. The monoisotopic (exact) mass is 486 g/mol. The summed E-state index contributed by atoms with van der Waals surface area (Å²) in [7, 11) is 1.14. The summed E-state index contributed by atoms with van der Waals surface area (Å²) in [6.45, 7) is 3.42. The van der Waals surface area contributed by atoms with E-state index in [1.54, 1.807) is 46.2 Å². The van der Waals surface area contributed by atoms with Gasteiger partial charge in [-0.25, -0.2) is 4.39 Å². The molecule has 9 heteroatoms. The SMILES string of the molecule is COc1cccc(C2CC2[S+](=O)(O)N(C)c2cc(C)c(=O)n(C)c2Nc2ccc(C)cc2F)c1. The Kier molecular flexibility index (Phi) is 6.26. The first-order valence-corrected chi connectivity index (χ1v) is 12.4. The zero-order valence-corrected chi connectivity index (χ0v) is 20.6. The first kappa shape index (κ1) is 24.0. The van der Waals surface area contributed by atoms with E-state index < -0.39 is 21.5 Å². The van der Waals surface area contributed by atoms with Gasteiger partial charge in [-0.3, -0.25) is 9.36 Å². The van der Waals surface area contributed by atoms with Gasteiger partial charge in [-0.2, -0.15) is 8.86 Å². The van der Waals surface area contributed by atoms with Crippen molar-refractivity contribution in [1.29, 1.82) is 0 Å². The van der Waals surface area contributed by atoms with Crippen molar-refractivity contribution in [2.75, 3.05) is 23.8 Å². The molecule has 0 bridgehead atoms. The summed E-state index contributed by atoms with van der Waals surface area (Å²) in [5.41, 5.74) is 2.34. The van der Waals surface area contributed by atoms with Crippen LogP contribution in [0.5, 0.6) is 5.75 Å². The number of aryl methyl sites for hydroxylation is 2. The van der Waals surface area contributed by atoms with Crippen LogP contribution in [0.4, 0.5) is 21.6 Å². The highest BCUT2D eigenvalue weighted by molar-refractivity contribution is 7.99. The van der Waals surface area contributed by atoms with Crippen molar-refractivity contribution in [2.45, 2.75) is 31.4 Å². The molecule has 0 spiro atoms. The number of methoxy groups -OCH3 is 1. The highest BCUT2D eigenvalue weighted by Crippen LogP contribution is 2.50. The number of rotatable bonds is 7. The van der Waals surface area contributed by atoms with Gasteiger partial charge in [0.2, 0.25) is 0 Å². The van der Waals surface area contributed by atoms with Crippen molar-refractivity contribution >= 4 is 27.6 Å². The Hall–Kier alpha value is -3.17. The number of aromatic nitrogens is 1. The number of halogens is 1. The lowest BCUT2D eigenvalue weighted by atomic mass is 10.1. The number of benzene rings is 2. The Labute approximate surface area is 199 Å². The number of ether oxygens (including phenoxy) is 1. The standard InChI is InChI=1S/C25H28FN3O4S/c1-15-9-10-21(20(26)11-15)27-24-22(12-16(2)25(30)28(24)3)29(4)34(31,32)23-14-19(23)17-7-6-8-18(13-17)33-5/h6-13,19,23H,14H2,1-5H3,(H-,27,30,31,32)/p+1. The molecule has 1 aliphatic rings. The zero-order chi connectivity index (χ0) is 24.8. The number of hydrogen-bond donors (Lipinski definition) is 2. The molecule has 1 saturated carbocycles. The third-order valence-corrected chi connectivity index (χ3v) is 8.62. The van der Waals surface area contributed by atoms with Crippen LogP contribution >= 0.6 is 0 Å². The van der Waals surface area contributed by atoms with Crippen molar-refractivity contribution < 1.29 is 17.9 Å². The minimum atomic E-state index is -3.52. The summed E-state index contributed by atoms with van der Waals surface area (Å²) in [6.07, 6.45) is 0.549. The molecule has 2 aromatic carbocycles. The van der Waals surface area contributed by atoms with Gasteiger partial charge < -0.3 is 10.1 Å². The lowest BCUT2D eigenvalue weighted by Gasteiger charge is -2.23. The van der Waals surface area contributed by atoms with E-state index in [-0.39, 0.29) is 23.0 Å². The summed E-state index contributed by atoms with van der Waals surface area (Å²) >= 11 is 0. The van der Waals surface area contributed by atoms with E-state index in [1.807, 2.05) is 24.3 Å². The van der Waals surface area contributed by atoms with E-state index in [1.165, 1.54) is 22.0 Å². The number of nitrogens with one attached hydrogen (secondary N) is 1. The van der Waals surface area contributed by atoms with Crippen LogP contribution < -0.4 is 19.9 Å². The Morgan fingerprint density at radius 3 is 2.62 bits per heavy atom. The summed E-state index contributed by atoms with van der Waals surface area (Å²) < 4.78 is 47.4. The predicted molar refractivity (Wildman–Crippen MR) is 134 cm³/mol. The van der Waals surface area contributed by atoms with Crippen molar-refractivity contribution in [3.05, 3.63) is 81.4 Å². The molecule has 0 aliphatic heterocycles. The lowest BCUT2D eigenvalue weighted by Crippen LogP contribution is -2.38. The molecule has 1 fully saturated rings. The maximum absolute atomic E-state index is 14.6. The minimum Gasteiger partial charge on any atom is -0.497 e. The molecule has 4 rings (SSSR count). The van der Waals surface area contributed by atoms with Gasteiger partial charge in [0.25, 0.3) is 5.56 Å². The summed E-state index contributed by atoms with van der Waals surface area (Å²) in [5, 5.41) is 2.47. The second-order valence-electron chi connectivity index (χ2n) is 8.73. The van der Waals surface area contributed by atoms with Crippen LogP contribution in [-0.4, -0.2) is 28.5 Å². The number of anilines is 3. The fourth-order valence-electron chi connectivity index (χ4n) is 4.19. The van der Waals surface area contributed by atoms with E-state index in [0.717, 1.165) is 11.1 Å². The maximum atomic E-state index is 14.6. The third-order valence-electron chi connectivity index (χ3n) is 6.33. The van der Waals surface area contributed by atoms with E-state index >= 15 is 0 Å². The second-order valence-corrected chi connectivity index (χ2v) is 11.0. The van der Waals surface area contributed by atoms with Gasteiger partial charge in [0, 0.05) is 24.9 Å². The highest BCUT2D eigenvalue weighted by Gasteiger charge is 2.60. The Morgan fingerprint density at radius 1 is 1.21 bits per heavy atom. The predicted octanol–water partition coefficient (Wildman–Crippen LogP) is 4.77. The lowest BCUT2D eigenvalue weighted by molar-refractivity contribution is 0.414. The quantitative estimate of drug-likeness (QED) is 0.470. The fourth-order valence-corrected chi connectivity index (χ4v) is 6.06. The second kappa shape index (κ2) is 8.88. The van der Waals surface area contributed by atoms with Crippen molar-refractivity contribution in [1.82, 2.24) is 4.57 Å². The van der Waals surface area contributed by atoms with Gasteiger partial charge in [-0.05, 0) is 59.5 Å². The number of pyridine rings is 1. The van der Waals surface area contributed by atoms with Crippen LogP contribution in [0.2, 0.25) is 0 Å². The number of hydrogen-bond acceptors (Lipinski definition) is 4. The molecule has 0 radical (unpaired) electrons. The van der Waals surface area contributed by atoms with Crippen LogP contribution in [-0.2, 0) is 21.7 Å². The van der Waals surface area contributed by atoms with E-state index in [9.17, 15) is 17.9 Å². The van der Waals surface area contributed by atoms with Gasteiger partial charge in [0.1, 0.15) is 23.1 Å². The summed E-state index contributed by atoms with van der Waals surface area (Å²) in [5.74, 6) is 0.365. The molecule has 3 aromatic rings. The Balaban J connectivity index is 1.70. The molecular weight excluding hydrogens is 457 g/mol. The van der Waals surface area contributed by atoms with Gasteiger partial charge >= 0.3 is 10.4 Å². The van der Waals surface area contributed by atoms with Crippen molar-refractivity contribution in [3.63, 3.8) is 0 Å². The van der Waals surface area contributed by atoms with Gasteiger partial charge in [0.05, 0.1) is 19.8 Å². The van der Waals surface area contributed by atoms with E-state index in [4.69, 9.17) is 4.74 Å². The average molecular weight is 487 g/mol. The van der Waals surface area contributed by atoms with Crippen LogP contribution in [0, 0.1) is 19.7 Å². The first-order chi connectivity index (χ1) is 16.0. The summed E-state index contributed by atoms with van der Waals surface area (Å²) in [6, 6.07) is 13.8. The molecule has 1 aliphatic carbocycles. The molecule has 1 heterocycles. The van der Waals surface area contributed by atoms with E-state index in [0.29, 0.717) is 23.4 Å². The smallest absolute Gasteiger partial charge is 0.316 e. The van der Waals surface area contributed by atoms with Crippen LogP contribution in [0.1, 0.15) is 29.0 Å². The van der Waals surface area contributed by atoms with E-state index in [2.05, 4.69) is 5.32 Å². The molecule has 180 valence electrons. The van der Waals surface area contributed by atoms with Crippen LogP contribution in [0.15, 0.2) is 53.3 Å². The number of nitrogens with zero attached hydrogens (tertiary/aromatic N) is 2. The zero-order valence-electron chi connectivity index (χ0n) is 19.8. The molecule has 1 aromatic heterocycles. The largest absolute Gasteiger partial charge is 0.497 e. The Bertz CT molecular complexity index is 1360. The molecule has 0 saturated heterocycles. The van der Waals surface area contributed by atoms with Gasteiger partial charge in [-0.1, -0.05) is 18.2 Å². The fraction of sp³-hybridized carbons (Fsp3) is 0.320. The first-order valence-electron chi connectivity index (χ1n) is 10.9. The Morgan fingerprint density at radius 2 is 1.94 bits per heavy atom. The normalized spacial score (nSPS) is 18.8. The molecule has 7 nitrogen and oxygen atoms in total. The third kappa shape index (κ3) is 4.33. The molecule has 3 unspecified atom stereocenters. The van der Waals surface area contributed by atoms with Crippen LogP contribution in [0.3, 0.4) is 0 Å².